The Morgan fingerprint density at radius 1 is 0.812 bits per heavy atom. The summed E-state index contributed by atoms with van der Waals surface area (Å²) >= 11 is 7.97. The highest BCUT2D eigenvalue weighted by Crippen LogP contribution is 2.43. The van der Waals surface area contributed by atoms with Crippen LogP contribution < -0.4 is 21.4 Å². The summed E-state index contributed by atoms with van der Waals surface area (Å²) in [7, 11) is -3.36. The second-order valence-electron chi connectivity index (χ2n) is 22.7. The van der Waals surface area contributed by atoms with Crippen molar-refractivity contribution in [2.75, 3.05) is 19.8 Å². The topological polar surface area (TPSA) is 234 Å². The number of carbonyl (C=O) groups is 2. The van der Waals surface area contributed by atoms with E-state index >= 15 is 0 Å². The van der Waals surface area contributed by atoms with Crippen molar-refractivity contribution >= 4 is 64.8 Å². The van der Waals surface area contributed by atoms with Crippen molar-refractivity contribution in [2.24, 2.45) is 11.7 Å². The van der Waals surface area contributed by atoms with Gasteiger partial charge in [-0.2, -0.15) is 0 Å². The number of hydrogen-bond acceptors (Lipinski definition) is 15. The van der Waals surface area contributed by atoms with E-state index in [1.165, 1.54) is 11.8 Å². The van der Waals surface area contributed by atoms with Gasteiger partial charge in [0, 0.05) is 70.7 Å². The minimum absolute atomic E-state index is 0.0415. The van der Waals surface area contributed by atoms with Crippen LogP contribution in [0.15, 0.2) is 151 Å². The first kappa shape index (κ1) is 59.6. The minimum Gasteiger partial charge on any atom is -0.463 e. The summed E-state index contributed by atoms with van der Waals surface area (Å²) < 4.78 is 47.0. The minimum atomic E-state index is -3.36. The zero-order chi connectivity index (χ0) is 56.8. The lowest BCUT2D eigenvalue weighted by atomic mass is 9.81. The molecule has 3 fully saturated rings. The van der Waals surface area contributed by atoms with Gasteiger partial charge in [0.25, 0.3) is 14.2 Å². The standard InChI is InChI=1S/C61H74ClN3O13SSi/c1-38(2)28-51(66)72-36-49-56(68)61(71,65-58(69)39-18-10-6-11-19-39)33-53(75-49)78-57-50(37-74-80(59(3,4)5,43-22-14-8-15-23-43)44-24-16-9-17-25-44)76-52(32-60(57,70)31-40-34-64-47-29-41(62)26-27-45(40)47)73-35-48-55(67)46(63)30-54(77-48)79-42-20-12-7-13-21-42/h6-27,29,34,38,46,48-50,52-57,64,67-68,70-71H,28,30-33,35-37,63H2,1-5H3,(H,65,69)/t46-,48-,49-,50-,52+,53-,54-,55-,56+,57+,60-,61-/m1/s1. The van der Waals surface area contributed by atoms with Crippen LogP contribution in [0.2, 0.25) is 10.1 Å². The molecular formula is C61H74ClN3O13SSi. The van der Waals surface area contributed by atoms with E-state index in [-0.39, 0.29) is 44.0 Å². The van der Waals surface area contributed by atoms with Gasteiger partial charge >= 0.3 is 5.97 Å². The fraction of sp³-hybridized carbons (Fsp3) is 0.443. The van der Waals surface area contributed by atoms with Crippen molar-refractivity contribution < 1.29 is 62.9 Å². The van der Waals surface area contributed by atoms with Gasteiger partial charge in [0.05, 0.1) is 19.3 Å². The molecule has 0 bridgehead atoms. The van der Waals surface area contributed by atoms with Crippen molar-refractivity contribution in [1.29, 1.82) is 0 Å². The fourth-order valence-corrected chi connectivity index (χ4v) is 17.1. The van der Waals surface area contributed by atoms with Gasteiger partial charge in [0.2, 0.25) is 0 Å². The number of fused-ring (bicyclic) bond motifs is 1. The highest BCUT2D eigenvalue weighted by molar-refractivity contribution is 7.99. The molecule has 16 nitrogen and oxygen atoms in total. The summed E-state index contributed by atoms with van der Waals surface area (Å²) in [5.74, 6) is -1.30. The number of thioether (sulfide) groups is 1. The van der Waals surface area contributed by atoms with E-state index < -0.39 is 110 Å². The molecule has 4 heterocycles. The van der Waals surface area contributed by atoms with E-state index in [0.29, 0.717) is 17.0 Å². The van der Waals surface area contributed by atoms with Crippen molar-refractivity contribution in [3.8, 4) is 0 Å². The number of carbonyl (C=O) groups excluding carboxylic acids is 2. The van der Waals surface area contributed by atoms with Crippen LogP contribution in [-0.4, -0.2) is 137 Å². The van der Waals surface area contributed by atoms with Gasteiger partial charge in [0.15, 0.2) is 18.3 Å². The molecule has 0 aliphatic carbocycles. The van der Waals surface area contributed by atoms with E-state index in [1.807, 2.05) is 86.6 Å². The highest BCUT2D eigenvalue weighted by atomic mass is 35.5. The molecule has 428 valence electrons. The maximum atomic E-state index is 13.9. The number of aromatic amines is 1. The number of amides is 1. The maximum absolute atomic E-state index is 13.9. The number of esters is 1. The molecule has 12 atom stereocenters. The first-order valence-electron chi connectivity index (χ1n) is 27.3. The summed E-state index contributed by atoms with van der Waals surface area (Å²) in [4.78, 5) is 31.2. The van der Waals surface area contributed by atoms with Gasteiger partial charge in [-0.05, 0) is 63.3 Å². The number of ether oxygens (including phenoxy) is 6. The number of aliphatic hydroxyl groups excluding tert-OH is 2. The Morgan fingerprint density at radius 2 is 1.44 bits per heavy atom. The molecule has 0 spiro atoms. The van der Waals surface area contributed by atoms with E-state index in [1.54, 1.807) is 48.7 Å². The van der Waals surface area contributed by atoms with Crippen LogP contribution in [0, 0.1) is 5.92 Å². The van der Waals surface area contributed by atoms with E-state index in [9.17, 15) is 30.0 Å². The third kappa shape index (κ3) is 13.7. The van der Waals surface area contributed by atoms with Crippen molar-refractivity contribution in [3.05, 3.63) is 162 Å². The second-order valence-corrected chi connectivity index (χ2v) is 28.6. The first-order valence-corrected chi connectivity index (χ1v) is 30.5. The zero-order valence-electron chi connectivity index (χ0n) is 45.7. The summed E-state index contributed by atoms with van der Waals surface area (Å²) in [5.41, 5.74) is 3.43. The predicted molar refractivity (Wildman–Crippen MR) is 308 cm³/mol. The molecule has 1 aromatic heterocycles. The van der Waals surface area contributed by atoms with Crippen LogP contribution in [0.3, 0.4) is 0 Å². The average molecular weight is 1150 g/mol. The number of nitrogens with two attached hydrogens (primary N) is 1. The number of hydrogen-bond donors (Lipinski definition) is 7. The van der Waals surface area contributed by atoms with Crippen LogP contribution in [-0.2, 0) is 44.1 Å². The first-order chi connectivity index (χ1) is 38.2. The van der Waals surface area contributed by atoms with Crippen molar-refractivity contribution in [2.45, 2.75) is 149 Å². The molecule has 5 aromatic carbocycles. The highest BCUT2D eigenvalue weighted by Gasteiger charge is 2.57. The number of nitrogens with one attached hydrogen (secondary N) is 2. The molecule has 0 unspecified atom stereocenters. The third-order valence-corrected chi connectivity index (χ3v) is 21.5. The van der Waals surface area contributed by atoms with Crippen LogP contribution in [0.25, 0.3) is 10.9 Å². The van der Waals surface area contributed by atoms with Crippen LogP contribution in [0.5, 0.6) is 0 Å². The van der Waals surface area contributed by atoms with E-state index in [4.69, 9.17) is 50.2 Å². The van der Waals surface area contributed by atoms with Crippen molar-refractivity contribution in [3.63, 3.8) is 0 Å². The Morgan fingerprint density at radius 3 is 2.08 bits per heavy atom. The van der Waals surface area contributed by atoms with E-state index in [0.717, 1.165) is 26.2 Å². The largest absolute Gasteiger partial charge is 0.463 e. The molecule has 3 aliphatic heterocycles. The average Bonchev–Trinajstić information content (AvgIpc) is 3.81. The summed E-state index contributed by atoms with van der Waals surface area (Å²) in [5, 5.41) is 55.3. The zero-order valence-corrected chi connectivity index (χ0v) is 48.3. The summed E-state index contributed by atoms with van der Waals surface area (Å²) in [6.45, 7) is 9.28. The molecule has 8 N–H and O–H groups in total. The third-order valence-electron chi connectivity index (χ3n) is 15.2. The molecule has 1 amide bonds. The predicted octanol–water partition coefficient (Wildman–Crippen LogP) is 6.97. The lowest BCUT2D eigenvalue weighted by Gasteiger charge is -2.51. The van der Waals surface area contributed by atoms with E-state index in [2.05, 4.69) is 55.3 Å². The monoisotopic (exact) mass is 1150 g/mol. The Kier molecular flexibility index (Phi) is 19.1. The molecule has 3 saturated heterocycles. The lowest BCUT2D eigenvalue weighted by molar-refractivity contribution is -0.352. The smallest absolute Gasteiger partial charge is 0.306 e. The van der Waals surface area contributed by atoms with Gasteiger partial charge in [0.1, 0.15) is 48.2 Å². The summed E-state index contributed by atoms with van der Waals surface area (Å²) in [6, 6.07) is 42.9. The quantitative estimate of drug-likeness (QED) is 0.0233. The molecule has 0 radical (unpaired) electrons. The molecule has 6 aromatic rings. The number of halogens is 1. The SMILES string of the molecule is CC(C)CC(=O)OC[C@H]1O[C@H](O[C@H]2[C@@H](CO[Si](c3ccccc3)(c3ccccc3)C(C)(C)C)O[C@H](OC[C@H]3O[C@H](Sc4ccccc4)C[C@@H](N)[C@H]3O)C[C@]2(O)Cc2c[nH]c3cc(Cl)ccc23)C[C@](O)(NC(=O)c2ccccc2)[C@H]1O. The molecule has 19 heteroatoms. The molecular weight excluding hydrogens is 1080 g/mol. The van der Waals surface area contributed by atoms with Gasteiger partial charge in [-0.25, -0.2) is 0 Å². The molecule has 80 heavy (non-hydrogen) atoms. The van der Waals surface area contributed by atoms with Crippen LogP contribution in [0.4, 0.5) is 0 Å². The molecule has 9 rings (SSSR count). The van der Waals surface area contributed by atoms with Crippen LogP contribution in [0.1, 0.15) is 76.2 Å². The Hall–Kier alpha value is -5.00. The number of aromatic nitrogens is 1. The lowest BCUT2D eigenvalue weighted by Crippen LogP contribution is -2.70. The number of benzene rings is 5. The number of aliphatic hydroxyl groups is 4. The number of H-pyrrole nitrogens is 1. The molecule has 3 aliphatic rings. The Balaban J connectivity index is 1.12. The van der Waals surface area contributed by atoms with Gasteiger partial charge in [-0.15, -0.1) is 0 Å². The van der Waals surface area contributed by atoms with Gasteiger partial charge < -0.3 is 69.3 Å². The summed E-state index contributed by atoms with van der Waals surface area (Å²) in [6.07, 6.45) is -9.08. The maximum Gasteiger partial charge on any atom is 0.306 e. The van der Waals surface area contributed by atoms with Crippen LogP contribution >= 0.6 is 23.4 Å². The number of rotatable bonds is 20. The Bertz CT molecular complexity index is 2940. The van der Waals surface area contributed by atoms with Gasteiger partial charge in [-0.1, -0.05) is 161 Å². The second kappa shape index (κ2) is 25.6. The fourth-order valence-electron chi connectivity index (χ4n) is 11.2. The normalized spacial score (nSPS) is 28.4. The van der Waals surface area contributed by atoms with Gasteiger partial charge in [-0.3, -0.25) is 9.59 Å². The molecule has 0 saturated carbocycles. The van der Waals surface area contributed by atoms with Crippen molar-refractivity contribution in [1.82, 2.24) is 10.3 Å². The Labute approximate surface area is 477 Å².